The Bertz CT molecular complexity index is 637. The average Bonchev–Trinajstić information content (AvgIpc) is 2.52. The van der Waals surface area contributed by atoms with Crippen LogP contribution in [0.4, 0.5) is 10.5 Å². The Balaban J connectivity index is 1.99. The third-order valence-electron chi connectivity index (χ3n) is 4.21. The highest BCUT2D eigenvalue weighted by atomic mass is 16.5. The summed E-state index contributed by atoms with van der Waals surface area (Å²) in [5, 5.41) is 5.88. The van der Waals surface area contributed by atoms with E-state index in [0.29, 0.717) is 25.4 Å². The second-order valence-electron chi connectivity index (χ2n) is 6.56. The van der Waals surface area contributed by atoms with E-state index in [1.807, 2.05) is 24.3 Å². The molecule has 1 aromatic rings. The summed E-state index contributed by atoms with van der Waals surface area (Å²) in [6, 6.07) is 5.90. The molecule has 0 spiro atoms. The van der Waals surface area contributed by atoms with Gasteiger partial charge in [-0.15, -0.1) is 6.58 Å². The van der Waals surface area contributed by atoms with E-state index in [-0.39, 0.29) is 24.6 Å². The summed E-state index contributed by atoms with van der Waals surface area (Å²) >= 11 is 0. The van der Waals surface area contributed by atoms with Gasteiger partial charge in [0, 0.05) is 25.9 Å². The number of ether oxygens (including phenoxy) is 1. The lowest BCUT2D eigenvalue weighted by Crippen LogP contribution is -2.62. The van der Waals surface area contributed by atoms with Crippen molar-refractivity contribution in [2.45, 2.75) is 32.2 Å². The Labute approximate surface area is 149 Å². The lowest BCUT2D eigenvalue weighted by molar-refractivity contribution is -0.126. The van der Waals surface area contributed by atoms with Gasteiger partial charge >= 0.3 is 6.03 Å². The average molecular weight is 345 g/mol. The summed E-state index contributed by atoms with van der Waals surface area (Å²) in [6.45, 7) is 9.04. The first-order chi connectivity index (χ1) is 12.0. The van der Waals surface area contributed by atoms with E-state index < -0.39 is 0 Å². The van der Waals surface area contributed by atoms with Gasteiger partial charge in [-0.05, 0) is 23.5 Å². The van der Waals surface area contributed by atoms with Crippen LogP contribution in [0.3, 0.4) is 0 Å². The van der Waals surface area contributed by atoms with Crippen molar-refractivity contribution in [1.82, 2.24) is 10.2 Å². The summed E-state index contributed by atoms with van der Waals surface area (Å²) in [5.74, 6) is 0.142. The number of benzene rings is 1. The molecule has 0 saturated carbocycles. The molecule has 6 heteroatoms. The molecule has 1 heterocycles. The van der Waals surface area contributed by atoms with Gasteiger partial charge in [0.1, 0.15) is 6.61 Å². The van der Waals surface area contributed by atoms with Crippen LogP contribution in [0.5, 0.6) is 0 Å². The highest BCUT2D eigenvalue weighted by Crippen LogP contribution is 2.29. The molecular formula is C19H27N3O3. The fraction of sp³-hybridized carbons (Fsp3) is 0.474. The smallest absolute Gasteiger partial charge is 0.322 e. The van der Waals surface area contributed by atoms with Gasteiger partial charge in [-0.2, -0.15) is 0 Å². The highest BCUT2D eigenvalue weighted by molar-refractivity contribution is 5.92. The second kappa shape index (κ2) is 8.67. The number of anilines is 1. The quantitative estimate of drug-likeness (QED) is 0.746. The van der Waals surface area contributed by atoms with Crippen LogP contribution in [-0.2, 0) is 16.0 Å². The number of rotatable bonds is 7. The summed E-state index contributed by atoms with van der Waals surface area (Å²) < 4.78 is 4.79. The van der Waals surface area contributed by atoms with Crippen LogP contribution in [0.2, 0.25) is 0 Å². The van der Waals surface area contributed by atoms with E-state index in [1.54, 1.807) is 4.90 Å². The number of allylic oxidation sites excluding steroid dienone is 1. The summed E-state index contributed by atoms with van der Waals surface area (Å²) in [4.78, 5) is 25.7. The van der Waals surface area contributed by atoms with Crippen molar-refractivity contribution >= 4 is 17.6 Å². The molecule has 6 nitrogen and oxygen atoms in total. The molecule has 1 aliphatic rings. The maximum absolute atomic E-state index is 12.5. The zero-order valence-corrected chi connectivity index (χ0v) is 15.2. The van der Waals surface area contributed by atoms with E-state index in [1.165, 1.54) is 7.11 Å². The first kappa shape index (κ1) is 19.0. The van der Waals surface area contributed by atoms with Gasteiger partial charge in [0.05, 0.1) is 6.04 Å². The number of amides is 3. The summed E-state index contributed by atoms with van der Waals surface area (Å²) in [6.07, 6.45) is 2.53. The zero-order chi connectivity index (χ0) is 18.4. The minimum atomic E-state index is -0.161. The van der Waals surface area contributed by atoms with Crippen molar-refractivity contribution in [2.24, 2.45) is 0 Å². The molecule has 25 heavy (non-hydrogen) atoms. The third kappa shape index (κ3) is 4.82. The van der Waals surface area contributed by atoms with Crippen LogP contribution < -0.4 is 10.6 Å². The normalized spacial score (nSPS) is 14.2. The molecule has 2 rings (SSSR count). The summed E-state index contributed by atoms with van der Waals surface area (Å²) in [7, 11) is 1.48. The highest BCUT2D eigenvalue weighted by Gasteiger charge is 2.32. The van der Waals surface area contributed by atoms with E-state index in [9.17, 15) is 9.59 Å². The molecule has 2 N–H and O–H groups in total. The van der Waals surface area contributed by atoms with Crippen molar-refractivity contribution < 1.29 is 14.3 Å². The Hall–Kier alpha value is -2.34. The monoisotopic (exact) mass is 345 g/mol. The van der Waals surface area contributed by atoms with Crippen molar-refractivity contribution in [3.05, 3.63) is 42.0 Å². The molecule has 1 aliphatic heterocycles. The number of hydrogen-bond donors (Lipinski definition) is 2. The number of para-hydroxylation sites is 1. The number of urea groups is 1. The van der Waals surface area contributed by atoms with Crippen molar-refractivity contribution in [2.75, 3.05) is 32.1 Å². The van der Waals surface area contributed by atoms with Crippen molar-refractivity contribution in [1.29, 1.82) is 0 Å². The maximum Gasteiger partial charge on any atom is 0.322 e. The molecule has 0 bridgehead atoms. The number of hydrogen-bond acceptors (Lipinski definition) is 3. The van der Waals surface area contributed by atoms with Crippen LogP contribution in [0.15, 0.2) is 30.9 Å². The maximum atomic E-state index is 12.5. The van der Waals surface area contributed by atoms with E-state index in [2.05, 4.69) is 31.1 Å². The fourth-order valence-electron chi connectivity index (χ4n) is 2.90. The SMILES string of the molecule is C=CCc1cccc(C(C)C)c1NC(=O)N1CC(NC(=O)COC)C1. The topological polar surface area (TPSA) is 70.7 Å². The van der Waals surface area contributed by atoms with Crippen LogP contribution in [0, 0.1) is 0 Å². The molecule has 0 aromatic heterocycles. The lowest BCUT2D eigenvalue weighted by Gasteiger charge is -2.39. The molecule has 1 saturated heterocycles. The number of likely N-dealkylation sites (tertiary alicyclic amines) is 1. The Kier molecular flexibility index (Phi) is 6.58. The Morgan fingerprint density at radius 2 is 2.12 bits per heavy atom. The minimum absolute atomic E-state index is 0.0126. The third-order valence-corrected chi connectivity index (χ3v) is 4.21. The number of carbonyl (C=O) groups is 2. The van der Waals surface area contributed by atoms with Gasteiger partial charge in [-0.1, -0.05) is 38.1 Å². The molecular weight excluding hydrogens is 318 g/mol. The van der Waals surface area contributed by atoms with Crippen LogP contribution in [0.25, 0.3) is 0 Å². The van der Waals surface area contributed by atoms with Crippen LogP contribution in [0.1, 0.15) is 30.9 Å². The number of carbonyl (C=O) groups excluding carboxylic acids is 2. The van der Waals surface area contributed by atoms with E-state index in [0.717, 1.165) is 16.8 Å². The number of methoxy groups -OCH3 is 1. The van der Waals surface area contributed by atoms with Gasteiger partial charge in [0.2, 0.25) is 5.91 Å². The molecule has 0 unspecified atom stereocenters. The van der Waals surface area contributed by atoms with Crippen LogP contribution in [-0.4, -0.2) is 49.7 Å². The lowest BCUT2D eigenvalue weighted by atomic mass is 9.96. The van der Waals surface area contributed by atoms with Crippen molar-refractivity contribution in [3.8, 4) is 0 Å². The summed E-state index contributed by atoms with van der Waals surface area (Å²) in [5.41, 5.74) is 3.03. The molecule has 0 radical (unpaired) electrons. The van der Waals surface area contributed by atoms with Crippen molar-refractivity contribution in [3.63, 3.8) is 0 Å². The fourth-order valence-corrected chi connectivity index (χ4v) is 2.90. The van der Waals surface area contributed by atoms with Gasteiger partial charge < -0.3 is 20.3 Å². The van der Waals surface area contributed by atoms with Gasteiger partial charge in [0.25, 0.3) is 0 Å². The van der Waals surface area contributed by atoms with E-state index >= 15 is 0 Å². The Morgan fingerprint density at radius 3 is 2.72 bits per heavy atom. The first-order valence-corrected chi connectivity index (χ1v) is 8.53. The van der Waals surface area contributed by atoms with Gasteiger partial charge in [0.15, 0.2) is 0 Å². The van der Waals surface area contributed by atoms with Gasteiger partial charge in [-0.25, -0.2) is 4.79 Å². The molecule has 1 fully saturated rings. The predicted octanol–water partition coefficient (Wildman–Crippen LogP) is 2.52. The molecule has 3 amide bonds. The Morgan fingerprint density at radius 1 is 1.40 bits per heavy atom. The predicted molar refractivity (Wildman–Crippen MR) is 98.8 cm³/mol. The van der Waals surface area contributed by atoms with Gasteiger partial charge in [-0.3, -0.25) is 4.79 Å². The first-order valence-electron chi connectivity index (χ1n) is 8.53. The minimum Gasteiger partial charge on any atom is -0.375 e. The second-order valence-corrected chi connectivity index (χ2v) is 6.56. The standard InChI is InChI=1S/C19H27N3O3/c1-5-7-14-8-6-9-16(13(2)3)18(14)21-19(24)22-10-15(11-22)20-17(23)12-25-4/h5-6,8-9,13,15H,1,7,10-12H2,2-4H3,(H,20,23)(H,21,24). The molecule has 1 aromatic carbocycles. The number of nitrogens with zero attached hydrogens (tertiary/aromatic N) is 1. The molecule has 136 valence electrons. The van der Waals surface area contributed by atoms with E-state index in [4.69, 9.17) is 4.74 Å². The number of nitrogens with one attached hydrogen (secondary N) is 2. The largest absolute Gasteiger partial charge is 0.375 e. The molecule has 0 atom stereocenters. The van der Waals surface area contributed by atoms with Crippen LogP contribution >= 0.6 is 0 Å². The zero-order valence-electron chi connectivity index (χ0n) is 15.2. The molecule has 0 aliphatic carbocycles.